The van der Waals surface area contributed by atoms with Crippen LogP contribution in [0.1, 0.15) is 26.7 Å². The van der Waals surface area contributed by atoms with Crippen LogP contribution in [0.2, 0.25) is 5.28 Å². The summed E-state index contributed by atoms with van der Waals surface area (Å²) in [5.41, 5.74) is 1.40. The summed E-state index contributed by atoms with van der Waals surface area (Å²) in [6.45, 7) is 5.31. The molecule has 5 nitrogen and oxygen atoms in total. The van der Waals surface area contributed by atoms with E-state index in [1.54, 1.807) is 6.33 Å². The first-order valence-corrected chi connectivity index (χ1v) is 6.15. The fourth-order valence-electron chi connectivity index (χ4n) is 1.65. The molecule has 0 atom stereocenters. The first-order valence-electron chi connectivity index (χ1n) is 5.77. The van der Waals surface area contributed by atoms with Crippen molar-refractivity contribution in [3.63, 3.8) is 0 Å². The Kier molecular flexibility index (Phi) is 3.78. The van der Waals surface area contributed by atoms with Gasteiger partial charge in [-0.3, -0.25) is 0 Å². The summed E-state index contributed by atoms with van der Waals surface area (Å²) < 4.78 is 0. The molecular formula is C11H16ClN5. The normalized spacial score (nSPS) is 11.3. The summed E-state index contributed by atoms with van der Waals surface area (Å²) >= 11 is 5.83. The molecule has 0 aliphatic rings. The number of H-pyrrole nitrogens is 1. The first kappa shape index (κ1) is 12.1. The van der Waals surface area contributed by atoms with E-state index >= 15 is 0 Å². The quantitative estimate of drug-likeness (QED) is 0.635. The summed E-state index contributed by atoms with van der Waals surface area (Å²) in [7, 11) is 0. The van der Waals surface area contributed by atoms with Crippen molar-refractivity contribution in [1.29, 1.82) is 0 Å². The second-order valence-electron chi connectivity index (χ2n) is 4.41. The van der Waals surface area contributed by atoms with E-state index in [4.69, 9.17) is 11.6 Å². The van der Waals surface area contributed by atoms with Crippen LogP contribution < -0.4 is 5.32 Å². The lowest BCUT2D eigenvalue weighted by Crippen LogP contribution is -2.06. The van der Waals surface area contributed by atoms with Crippen molar-refractivity contribution in [3.8, 4) is 0 Å². The van der Waals surface area contributed by atoms with E-state index in [9.17, 15) is 0 Å². The molecule has 17 heavy (non-hydrogen) atoms. The predicted octanol–water partition coefficient (Wildman–Crippen LogP) is 2.85. The first-order chi connectivity index (χ1) is 8.16. The lowest BCUT2D eigenvalue weighted by atomic mass is 10.1. The van der Waals surface area contributed by atoms with Crippen molar-refractivity contribution in [3.05, 3.63) is 11.6 Å². The molecule has 2 heterocycles. The highest BCUT2D eigenvalue weighted by Gasteiger charge is 2.07. The van der Waals surface area contributed by atoms with Gasteiger partial charge in [0.05, 0.1) is 6.33 Å². The molecule has 2 aromatic rings. The summed E-state index contributed by atoms with van der Waals surface area (Å²) in [4.78, 5) is 15.3. The van der Waals surface area contributed by atoms with Crippen LogP contribution in [0.5, 0.6) is 0 Å². The van der Waals surface area contributed by atoms with Crippen LogP contribution >= 0.6 is 11.6 Å². The third kappa shape index (κ3) is 3.06. The molecule has 0 spiro atoms. The minimum absolute atomic E-state index is 0.218. The van der Waals surface area contributed by atoms with Crippen molar-refractivity contribution in [2.75, 3.05) is 11.9 Å². The molecule has 0 bridgehead atoms. The van der Waals surface area contributed by atoms with Gasteiger partial charge in [0.1, 0.15) is 5.52 Å². The molecule has 0 saturated heterocycles. The number of hydrogen-bond donors (Lipinski definition) is 2. The van der Waals surface area contributed by atoms with E-state index in [1.807, 2.05) is 0 Å². The second-order valence-corrected chi connectivity index (χ2v) is 4.74. The van der Waals surface area contributed by atoms with Gasteiger partial charge in [-0.2, -0.15) is 9.97 Å². The maximum atomic E-state index is 5.83. The largest absolute Gasteiger partial charge is 0.368 e. The average molecular weight is 254 g/mol. The Morgan fingerprint density at radius 1 is 1.41 bits per heavy atom. The van der Waals surface area contributed by atoms with E-state index in [1.165, 1.54) is 6.42 Å². The smallest absolute Gasteiger partial charge is 0.226 e. The zero-order chi connectivity index (χ0) is 12.3. The van der Waals surface area contributed by atoms with E-state index in [2.05, 4.69) is 39.1 Å². The average Bonchev–Trinajstić information content (AvgIpc) is 2.71. The third-order valence-electron chi connectivity index (χ3n) is 2.51. The Morgan fingerprint density at radius 2 is 2.24 bits per heavy atom. The minimum atomic E-state index is 0.218. The molecule has 6 heteroatoms. The van der Waals surface area contributed by atoms with Crippen LogP contribution in [0.25, 0.3) is 11.2 Å². The van der Waals surface area contributed by atoms with E-state index in [-0.39, 0.29) is 5.28 Å². The lowest BCUT2D eigenvalue weighted by molar-refractivity contribution is 0.567. The Morgan fingerprint density at radius 3 is 3.00 bits per heavy atom. The monoisotopic (exact) mass is 253 g/mol. The number of nitrogens with one attached hydrogen (secondary N) is 2. The summed E-state index contributed by atoms with van der Waals surface area (Å²) in [5.74, 6) is 1.44. The van der Waals surface area contributed by atoms with Crippen LogP contribution in [0.4, 0.5) is 5.82 Å². The van der Waals surface area contributed by atoms with Crippen molar-refractivity contribution in [1.82, 2.24) is 19.9 Å². The summed E-state index contributed by atoms with van der Waals surface area (Å²) in [5, 5.41) is 3.48. The highest BCUT2D eigenvalue weighted by molar-refractivity contribution is 6.28. The number of hydrogen-bond acceptors (Lipinski definition) is 4. The number of nitrogens with zero attached hydrogens (tertiary/aromatic N) is 3. The minimum Gasteiger partial charge on any atom is -0.368 e. The van der Waals surface area contributed by atoms with Gasteiger partial charge in [0.25, 0.3) is 0 Å². The molecule has 0 aliphatic carbocycles. The number of imidazole rings is 1. The fraction of sp³-hybridized carbons (Fsp3) is 0.545. The van der Waals surface area contributed by atoms with Crippen LogP contribution in [0.3, 0.4) is 0 Å². The topological polar surface area (TPSA) is 66.5 Å². The van der Waals surface area contributed by atoms with Crippen LogP contribution in [-0.4, -0.2) is 26.5 Å². The number of anilines is 1. The highest BCUT2D eigenvalue weighted by Crippen LogP contribution is 2.18. The maximum Gasteiger partial charge on any atom is 0.226 e. The number of fused-ring (bicyclic) bond motifs is 1. The van der Waals surface area contributed by atoms with Gasteiger partial charge in [0.2, 0.25) is 5.28 Å². The standard InChI is InChI=1S/C11H16ClN5/c1-7(2)4-3-5-13-9-8-10(15-6-14-8)17-11(12)16-9/h6-7H,3-5H2,1-2H3,(H2,13,14,15,16,17). The summed E-state index contributed by atoms with van der Waals surface area (Å²) in [6.07, 6.45) is 3.89. The molecule has 92 valence electrons. The Balaban J connectivity index is 2.04. The Labute approximate surface area is 105 Å². The van der Waals surface area contributed by atoms with Crippen molar-refractivity contribution >= 4 is 28.6 Å². The molecule has 2 aromatic heterocycles. The number of aromatic nitrogens is 4. The fourth-order valence-corrected chi connectivity index (χ4v) is 1.82. The zero-order valence-electron chi connectivity index (χ0n) is 10.00. The third-order valence-corrected chi connectivity index (χ3v) is 2.68. The highest BCUT2D eigenvalue weighted by atomic mass is 35.5. The van der Waals surface area contributed by atoms with Gasteiger partial charge in [-0.1, -0.05) is 13.8 Å². The van der Waals surface area contributed by atoms with E-state index in [0.717, 1.165) is 30.2 Å². The molecule has 0 saturated carbocycles. The predicted molar refractivity (Wildman–Crippen MR) is 69.3 cm³/mol. The van der Waals surface area contributed by atoms with Gasteiger partial charge < -0.3 is 10.3 Å². The second kappa shape index (κ2) is 5.31. The molecule has 0 unspecified atom stereocenters. The van der Waals surface area contributed by atoms with Crippen LogP contribution in [0, 0.1) is 5.92 Å². The Bertz CT molecular complexity index is 494. The molecule has 2 rings (SSSR count). The Hall–Kier alpha value is -1.36. The van der Waals surface area contributed by atoms with Gasteiger partial charge in [-0.05, 0) is 30.4 Å². The van der Waals surface area contributed by atoms with Gasteiger partial charge in [0.15, 0.2) is 11.5 Å². The molecule has 0 radical (unpaired) electrons. The number of rotatable bonds is 5. The van der Waals surface area contributed by atoms with Gasteiger partial charge in [-0.25, -0.2) is 4.98 Å². The number of halogens is 1. The van der Waals surface area contributed by atoms with Gasteiger partial charge >= 0.3 is 0 Å². The van der Waals surface area contributed by atoms with E-state index in [0.29, 0.717) is 5.65 Å². The molecular weight excluding hydrogens is 238 g/mol. The maximum absolute atomic E-state index is 5.83. The molecule has 0 aromatic carbocycles. The van der Waals surface area contributed by atoms with Gasteiger partial charge in [-0.15, -0.1) is 0 Å². The van der Waals surface area contributed by atoms with E-state index < -0.39 is 0 Å². The lowest BCUT2D eigenvalue weighted by Gasteiger charge is -2.07. The van der Waals surface area contributed by atoms with Crippen LogP contribution in [0.15, 0.2) is 6.33 Å². The molecule has 0 aliphatic heterocycles. The van der Waals surface area contributed by atoms with Crippen molar-refractivity contribution < 1.29 is 0 Å². The summed E-state index contributed by atoms with van der Waals surface area (Å²) in [6, 6.07) is 0. The molecule has 0 fully saturated rings. The van der Waals surface area contributed by atoms with Crippen molar-refractivity contribution in [2.24, 2.45) is 5.92 Å². The molecule has 0 amide bonds. The van der Waals surface area contributed by atoms with Crippen molar-refractivity contribution in [2.45, 2.75) is 26.7 Å². The SMILES string of the molecule is CC(C)CCCNc1nc(Cl)nc2nc[nH]c12. The zero-order valence-corrected chi connectivity index (χ0v) is 10.8. The number of aromatic amines is 1. The molecule has 2 N–H and O–H groups in total. The van der Waals surface area contributed by atoms with Gasteiger partial charge in [0, 0.05) is 6.54 Å². The van der Waals surface area contributed by atoms with Crippen LogP contribution in [-0.2, 0) is 0 Å².